The summed E-state index contributed by atoms with van der Waals surface area (Å²) in [5, 5.41) is 2.82. The molecule has 1 aliphatic rings. The van der Waals surface area contributed by atoms with Crippen molar-refractivity contribution < 1.29 is 17.9 Å². The second-order valence-corrected chi connectivity index (χ2v) is 8.09. The Morgan fingerprint density at radius 2 is 1.85 bits per heavy atom. The molecule has 1 heterocycles. The molecule has 0 saturated heterocycles. The molecule has 7 heteroatoms. The zero-order valence-corrected chi connectivity index (χ0v) is 15.7. The van der Waals surface area contributed by atoms with Gasteiger partial charge in [0.1, 0.15) is 5.75 Å². The SMILES string of the molecule is CCOc1ccc(N(C)S(=O)(=O)c2ccc3c(c2)CCCC(=O)N3)cc1. The fourth-order valence-electron chi connectivity index (χ4n) is 2.93. The first-order valence-corrected chi connectivity index (χ1v) is 10.0. The molecule has 0 radical (unpaired) electrons. The maximum Gasteiger partial charge on any atom is 0.264 e. The van der Waals surface area contributed by atoms with Gasteiger partial charge in [-0.2, -0.15) is 0 Å². The summed E-state index contributed by atoms with van der Waals surface area (Å²) in [6, 6.07) is 11.8. The minimum absolute atomic E-state index is 0.0362. The van der Waals surface area contributed by atoms with Crippen LogP contribution in [0.2, 0.25) is 0 Å². The molecule has 2 aromatic carbocycles. The molecule has 0 saturated carbocycles. The van der Waals surface area contributed by atoms with Crippen LogP contribution in [0.3, 0.4) is 0 Å². The molecule has 1 amide bonds. The Kier molecular flexibility index (Phi) is 5.18. The highest BCUT2D eigenvalue weighted by Crippen LogP contribution is 2.29. The van der Waals surface area contributed by atoms with Crippen LogP contribution in [0.15, 0.2) is 47.4 Å². The molecule has 0 spiro atoms. The van der Waals surface area contributed by atoms with Crippen LogP contribution in [-0.2, 0) is 21.2 Å². The van der Waals surface area contributed by atoms with Crippen LogP contribution in [0, 0.1) is 0 Å². The smallest absolute Gasteiger partial charge is 0.264 e. The van der Waals surface area contributed by atoms with Gasteiger partial charge in [0.25, 0.3) is 10.0 Å². The van der Waals surface area contributed by atoms with Gasteiger partial charge in [-0.05, 0) is 67.8 Å². The Labute approximate surface area is 153 Å². The Hall–Kier alpha value is -2.54. The van der Waals surface area contributed by atoms with Gasteiger partial charge in [-0.1, -0.05) is 0 Å². The second-order valence-electron chi connectivity index (χ2n) is 6.12. The molecular formula is C19H22N2O4S. The standard InChI is InChI=1S/C19H22N2O4S/c1-3-25-16-9-7-15(8-10-16)21(2)26(23,24)17-11-12-18-14(13-17)5-4-6-19(22)20-18/h7-13H,3-6H2,1-2H3,(H,20,22). The zero-order chi connectivity index (χ0) is 18.7. The number of sulfonamides is 1. The second kappa shape index (κ2) is 7.37. The number of nitrogens with zero attached hydrogens (tertiary/aromatic N) is 1. The number of hydrogen-bond acceptors (Lipinski definition) is 4. The molecule has 0 aliphatic carbocycles. The van der Waals surface area contributed by atoms with E-state index in [0.29, 0.717) is 43.0 Å². The zero-order valence-electron chi connectivity index (χ0n) is 14.9. The van der Waals surface area contributed by atoms with Crippen molar-refractivity contribution in [3.05, 3.63) is 48.0 Å². The topological polar surface area (TPSA) is 75.7 Å². The molecule has 3 rings (SSSR count). The number of nitrogens with one attached hydrogen (secondary N) is 1. The molecule has 1 aliphatic heterocycles. The third-order valence-electron chi connectivity index (χ3n) is 4.37. The number of fused-ring (bicyclic) bond motifs is 1. The highest BCUT2D eigenvalue weighted by Gasteiger charge is 2.23. The molecule has 0 unspecified atom stereocenters. The van der Waals surface area contributed by atoms with Crippen molar-refractivity contribution in [1.29, 1.82) is 0 Å². The van der Waals surface area contributed by atoms with E-state index in [1.165, 1.54) is 17.4 Å². The lowest BCUT2D eigenvalue weighted by molar-refractivity contribution is -0.116. The van der Waals surface area contributed by atoms with Crippen LogP contribution in [0.25, 0.3) is 0 Å². The van der Waals surface area contributed by atoms with E-state index in [0.717, 1.165) is 5.56 Å². The Balaban J connectivity index is 1.89. The molecule has 0 atom stereocenters. The lowest BCUT2D eigenvalue weighted by Crippen LogP contribution is -2.26. The normalized spacial score (nSPS) is 14.2. The number of benzene rings is 2. The highest BCUT2D eigenvalue weighted by molar-refractivity contribution is 7.92. The van der Waals surface area contributed by atoms with Crippen LogP contribution >= 0.6 is 0 Å². The van der Waals surface area contributed by atoms with Crippen LogP contribution in [-0.4, -0.2) is 28.0 Å². The van der Waals surface area contributed by atoms with E-state index >= 15 is 0 Å². The molecule has 26 heavy (non-hydrogen) atoms. The first-order valence-electron chi connectivity index (χ1n) is 8.56. The molecule has 0 bridgehead atoms. The van der Waals surface area contributed by atoms with E-state index in [-0.39, 0.29) is 10.8 Å². The average molecular weight is 374 g/mol. The van der Waals surface area contributed by atoms with E-state index in [1.807, 2.05) is 6.92 Å². The van der Waals surface area contributed by atoms with Crippen LogP contribution in [0.4, 0.5) is 11.4 Å². The quantitative estimate of drug-likeness (QED) is 0.872. The van der Waals surface area contributed by atoms with Gasteiger partial charge in [0.2, 0.25) is 5.91 Å². The van der Waals surface area contributed by atoms with Gasteiger partial charge in [0, 0.05) is 19.2 Å². The Morgan fingerprint density at radius 1 is 1.12 bits per heavy atom. The lowest BCUT2D eigenvalue weighted by Gasteiger charge is -2.20. The predicted octanol–water partition coefficient (Wildman–Crippen LogP) is 3.19. The van der Waals surface area contributed by atoms with Gasteiger partial charge in [0.05, 0.1) is 17.2 Å². The minimum atomic E-state index is -3.70. The first-order chi connectivity index (χ1) is 12.4. The average Bonchev–Trinajstić information content (AvgIpc) is 2.81. The van der Waals surface area contributed by atoms with E-state index in [1.54, 1.807) is 36.4 Å². The Bertz CT molecular complexity index is 908. The number of hydrogen-bond donors (Lipinski definition) is 1. The molecule has 2 aromatic rings. The van der Waals surface area contributed by atoms with Crippen molar-refractivity contribution in [2.45, 2.75) is 31.1 Å². The number of ether oxygens (including phenoxy) is 1. The van der Waals surface area contributed by atoms with E-state index in [9.17, 15) is 13.2 Å². The molecule has 138 valence electrons. The maximum atomic E-state index is 13.0. The summed E-state index contributed by atoms with van der Waals surface area (Å²) in [5.41, 5.74) is 2.09. The molecule has 6 nitrogen and oxygen atoms in total. The fraction of sp³-hybridized carbons (Fsp3) is 0.316. The summed E-state index contributed by atoms with van der Waals surface area (Å²) >= 11 is 0. The highest BCUT2D eigenvalue weighted by atomic mass is 32.2. The summed E-state index contributed by atoms with van der Waals surface area (Å²) in [7, 11) is -2.17. The number of rotatable bonds is 5. The van der Waals surface area contributed by atoms with Gasteiger partial charge < -0.3 is 10.1 Å². The monoisotopic (exact) mass is 374 g/mol. The first kappa shape index (κ1) is 18.3. The van der Waals surface area contributed by atoms with Gasteiger partial charge in [-0.15, -0.1) is 0 Å². The third kappa shape index (κ3) is 3.67. The van der Waals surface area contributed by atoms with Crippen LogP contribution in [0.1, 0.15) is 25.3 Å². The summed E-state index contributed by atoms with van der Waals surface area (Å²) in [6.07, 6.45) is 1.82. The third-order valence-corrected chi connectivity index (χ3v) is 6.15. The fourth-order valence-corrected chi connectivity index (χ4v) is 4.17. The number of carbonyl (C=O) groups is 1. The number of amides is 1. The van der Waals surface area contributed by atoms with Gasteiger partial charge in [-0.25, -0.2) is 8.42 Å². The van der Waals surface area contributed by atoms with E-state index in [4.69, 9.17) is 4.74 Å². The van der Waals surface area contributed by atoms with E-state index in [2.05, 4.69) is 5.32 Å². The molecule has 0 fully saturated rings. The van der Waals surface area contributed by atoms with Crippen molar-refractivity contribution in [1.82, 2.24) is 0 Å². The summed E-state index contributed by atoms with van der Waals surface area (Å²) in [4.78, 5) is 11.9. The minimum Gasteiger partial charge on any atom is -0.494 e. The van der Waals surface area contributed by atoms with E-state index < -0.39 is 10.0 Å². The van der Waals surface area contributed by atoms with Crippen molar-refractivity contribution in [3.63, 3.8) is 0 Å². The largest absolute Gasteiger partial charge is 0.494 e. The summed E-state index contributed by atoms with van der Waals surface area (Å²) in [5.74, 6) is 0.661. The lowest BCUT2D eigenvalue weighted by atomic mass is 10.1. The molecule has 1 N–H and O–H groups in total. The van der Waals surface area contributed by atoms with Crippen molar-refractivity contribution >= 4 is 27.3 Å². The number of carbonyl (C=O) groups excluding carboxylic acids is 1. The van der Waals surface area contributed by atoms with Crippen LogP contribution in [0.5, 0.6) is 5.75 Å². The summed E-state index contributed by atoms with van der Waals surface area (Å²) in [6.45, 7) is 2.45. The molecular weight excluding hydrogens is 352 g/mol. The van der Waals surface area contributed by atoms with Crippen LogP contribution < -0.4 is 14.4 Å². The summed E-state index contributed by atoms with van der Waals surface area (Å²) < 4.78 is 32.6. The Morgan fingerprint density at radius 3 is 2.54 bits per heavy atom. The van der Waals surface area contributed by atoms with Gasteiger partial charge in [-0.3, -0.25) is 9.10 Å². The van der Waals surface area contributed by atoms with Gasteiger partial charge >= 0.3 is 0 Å². The van der Waals surface area contributed by atoms with Crippen molar-refractivity contribution in [2.75, 3.05) is 23.3 Å². The number of aryl methyl sites for hydroxylation is 1. The molecule has 0 aromatic heterocycles. The number of anilines is 2. The van der Waals surface area contributed by atoms with Crippen molar-refractivity contribution in [3.8, 4) is 5.75 Å². The van der Waals surface area contributed by atoms with Crippen molar-refractivity contribution in [2.24, 2.45) is 0 Å². The predicted molar refractivity (Wildman–Crippen MR) is 101 cm³/mol. The maximum absolute atomic E-state index is 13.0. The van der Waals surface area contributed by atoms with Gasteiger partial charge in [0.15, 0.2) is 0 Å².